The van der Waals surface area contributed by atoms with Crippen molar-refractivity contribution in [3.05, 3.63) is 12.2 Å². The number of nitrogens with zero attached hydrogens (tertiary/aromatic N) is 3. The molecule has 0 saturated heterocycles. The van der Waals surface area contributed by atoms with Gasteiger partial charge in [0.2, 0.25) is 0 Å². The average molecular weight is 206 g/mol. The van der Waals surface area contributed by atoms with Crippen LogP contribution in [0.3, 0.4) is 0 Å². The first kappa shape index (κ1) is 9.33. The fraction of sp³-hybridized carbons (Fsp3) is 0.818. The van der Waals surface area contributed by atoms with Crippen molar-refractivity contribution in [2.75, 3.05) is 0 Å². The summed E-state index contributed by atoms with van der Waals surface area (Å²) in [6.07, 6.45) is 6.65. The molecule has 0 radical (unpaired) electrons. The Balaban J connectivity index is 1.61. The largest absolute Gasteiger partial charge is 0.327 e. The van der Waals surface area contributed by atoms with Crippen molar-refractivity contribution in [1.82, 2.24) is 14.8 Å². The van der Waals surface area contributed by atoms with E-state index in [2.05, 4.69) is 10.1 Å². The van der Waals surface area contributed by atoms with E-state index in [1.54, 1.807) is 6.33 Å². The number of aromatic nitrogens is 3. The molecular weight excluding hydrogens is 188 g/mol. The molecule has 0 amide bonds. The fourth-order valence-electron chi connectivity index (χ4n) is 2.99. The van der Waals surface area contributed by atoms with Crippen molar-refractivity contribution in [3.8, 4) is 0 Å². The van der Waals surface area contributed by atoms with Gasteiger partial charge in [0.1, 0.15) is 12.2 Å². The molecular formula is C11H18N4. The first-order valence-corrected chi connectivity index (χ1v) is 5.82. The van der Waals surface area contributed by atoms with Gasteiger partial charge in [0.05, 0.1) is 0 Å². The average Bonchev–Trinajstić information content (AvgIpc) is 2.64. The smallest absolute Gasteiger partial charge is 0.138 e. The second-order valence-corrected chi connectivity index (χ2v) is 5.16. The molecule has 4 nitrogen and oxygen atoms in total. The highest BCUT2D eigenvalue weighted by molar-refractivity contribution is 5.01. The van der Waals surface area contributed by atoms with E-state index in [1.807, 2.05) is 11.7 Å². The maximum Gasteiger partial charge on any atom is 0.138 e. The van der Waals surface area contributed by atoms with E-state index in [4.69, 9.17) is 5.73 Å². The number of rotatable bonds is 3. The summed E-state index contributed by atoms with van der Waals surface area (Å²) >= 11 is 0. The van der Waals surface area contributed by atoms with Crippen LogP contribution in [-0.4, -0.2) is 20.8 Å². The van der Waals surface area contributed by atoms with Gasteiger partial charge < -0.3 is 5.73 Å². The highest BCUT2D eigenvalue weighted by atomic mass is 15.3. The highest BCUT2D eigenvalue weighted by Crippen LogP contribution is 2.55. The standard InChI is InChI=1S/C11H18N4/c1-15-11(13-6-14-15)5-10(12)9-3-7-2-8(7)4-9/h6-10H,2-5,12H2,1H3. The Morgan fingerprint density at radius 3 is 2.80 bits per heavy atom. The van der Waals surface area contributed by atoms with Crippen LogP contribution in [0.2, 0.25) is 0 Å². The van der Waals surface area contributed by atoms with Crippen molar-refractivity contribution in [1.29, 1.82) is 0 Å². The lowest BCUT2D eigenvalue weighted by Crippen LogP contribution is -2.32. The Hall–Kier alpha value is -0.900. The van der Waals surface area contributed by atoms with Gasteiger partial charge in [-0.1, -0.05) is 0 Å². The van der Waals surface area contributed by atoms with E-state index in [1.165, 1.54) is 19.3 Å². The predicted molar refractivity (Wildman–Crippen MR) is 57.0 cm³/mol. The van der Waals surface area contributed by atoms with Gasteiger partial charge in [0.25, 0.3) is 0 Å². The van der Waals surface area contributed by atoms with Crippen molar-refractivity contribution in [3.63, 3.8) is 0 Å². The van der Waals surface area contributed by atoms with Gasteiger partial charge in [-0.25, -0.2) is 4.98 Å². The molecule has 1 heterocycles. The van der Waals surface area contributed by atoms with E-state index in [0.717, 1.165) is 30.0 Å². The van der Waals surface area contributed by atoms with E-state index >= 15 is 0 Å². The van der Waals surface area contributed by atoms with Crippen molar-refractivity contribution < 1.29 is 0 Å². The molecule has 0 aromatic carbocycles. The normalized spacial score (nSPS) is 35.2. The number of fused-ring (bicyclic) bond motifs is 1. The molecule has 2 N–H and O–H groups in total. The molecule has 2 aliphatic rings. The zero-order valence-corrected chi connectivity index (χ0v) is 9.13. The zero-order chi connectivity index (χ0) is 10.4. The van der Waals surface area contributed by atoms with Crippen LogP contribution < -0.4 is 5.73 Å². The fourth-order valence-corrected chi connectivity index (χ4v) is 2.99. The summed E-state index contributed by atoms with van der Waals surface area (Å²) in [6, 6.07) is 0.278. The molecule has 3 rings (SSSR count). The minimum absolute atomic E-state index is 0.278. The molecule has 4 heteroatoms. The Bertz CT molecular complexity index is 349. The van der Waals surface area contributed by atoms with E-state index in [0.29, 0.717) is 0 Å². The molecule has 2 fully saturated rings. The monoisotopic (exact) mass is 206 g/mol. The molecule has 0 spiro atoms. The summed E-state index contributed by atoms with van der Waals surface area (Å²) in [5.74, 6) is 3.77. The van der Waals surface area contributed by atoms with Crippen molar-refractivity contribution in [2.24, 2.45) is 30.5 Å². The molecule has 0 bridgehead atoms. The molecule has 2 saturated carbocycles. The molecule has 15 heavy (non-hydrogen) atoms. The number of hydrogen-bond donors (Lipinski definition) is 1. The second kappa shape index (κ2) is 3.30. The van der Waals surface area contributed by atoms with Gasteiger partial charge in [0.15, 0.2) is 0 Å². The van der Waals surface area contributed by atoms with Crippen molar-refractivity contribution >= 4 is 0 Å². The van der Waals surface area contributed by atoms with Gasteiger partial charge in [-0.15, -0.1) is 0 Å². The molecule has 1 aromatic rings. The first-order valence-electron chi connectivity index (χ1n) is 5.82. The summed E-state index contributed by atoms with van der Waals surface area (Å²) in [4.78, 5) is 4.23. The number of aryl methyl sites for hydroxylation is 1. The first-order chi connectivity index (χ1) is 7.24. The van der Waals surface area contributed by atoms with Crippen LogP contribution in [0.15, 0.2) is 6.33 Å². The quantitative estimate of drug-likeness (QED) is 0.793. The number of hydrogen-bond acceptors (Lipinski definition) is 3. The molecule has 0 aliphatic heterocycles. The molecule has 3 atom stereocenters. The van der Waals surface area contributed by atoms with Gasteiger partial charge in [-0.2, -0.15) is 5.10 Å². The lowest BCUT2D eigenvalue weighted by atomic mass is 9.93. The Kier molecular flexibility index (Phi) is 2.06. The van der Waals surface area contributed by atoms with Gasteiger partial charge >= 0.3 is 0 Å². The predicted octanol–water partition coefficient (Wildman–Crippen LogP) is 0.731. The van der Waals surface area contributed by atoms with E-state index in [9.17, 15) is 0 Å². The second-order valence-electron chi connectivity index (χ2n) is 5.16. The van der Waals surface area contributed by atoms with Crippen LogP contribution >= 0.6 is 0 Å². The molecule has 1 aromatic heterocycles. The minimum Gasteiger partial charge on any atom is -0.327 e. The van der Waals surface area contributed by atoms with Gasteiger partial charge in [0, 0.05) is 19.5 Å². The zero-order valence-electron chi connectivity index (χ0n) is 9.13. The summed E-state index contributed by atoms with van der Waals surface area (Å²) in [5.41, 5.74) is 6.24. The Morgan fingerprint density at radius 2 is 2.20 bits per heavy atom. The van der Waals surface area contributed by atoms with Crippen LogP contribution in [0.1, 0.15) is 25.1 Å². The van der Waals surface area contributed by atoms with Crippen LogP contribution in [0, 0.1) is 17.8 Å². The lowest BCUT2D eigenvalue weighted by Gasteiger charge is -2.19. The summed E-state index contributed by atoms with van der Waals surface area (Å²) in [5, 5.41) is 4.07. The lowest BCUT2D eigenvalue weighted by molar-refractivity contribution is 0.384. The number of nitrogens with two attached hydrogens (primary N) is 1. The third kappa shape index (κ3) is 1.67. The maximum atomic E-state index is 6.24. The van der Waals surface area contributed by atoms with Crippen molar-refractivity contribution in [2.45, 2.75) is 31.7 Å². The molecule has 82 valence electrons. The summed E-state index contributed by atoms with van der Waals surface area (Å²) in [6.45, 7) is 0. The maximum absolute atomic E-state index is 6.24. The van der Waals surface area contributed by atoms with Crippen LogP contribution in [0.25, 0.3) is 0 Å². The summed E-state index contributed by atoms with van der Waals surface area (Å²) < 4.78 is 1.83. The third-order valence-corrected chi connectivity index (χ3v) is 4.11. The molecule has 3 unspecified atom stereocenters. The van der Waals surface area contributed by atoms with E-state index < -0.39 is 0 Å². The third-order valence-electron chi connectivity index (χ3n) is 4.11. The Morgan fingerprint density at radius 1 is 1.47 bits per heavy atom. The topological polar surface area (TPSA) is 56.7 Å². The SMILES string of the molecule is Cn1ncnc1CC(N)C1CC2CC2C1. The Labute approximate surface area is 89.9 Å². The van der Waals surface area contributed by atoms with Gasteiger partial charge in [-0.05, 0) is 37.0 Å². The van der Waals surface area contributed by atoms with Crippen LogP contribution in [0.5, 0.6) is 0 Å². The summed E-state index contributed by atoms with van der Waals surface area (Å²) in [7, 11) is 1.93. The van der Waals surface area contributed by atoms with Crippen LogP contribution in [0.4, 0.5) is 0 Å². The molecule has 2 aliphatic carbocycles. The minimum atomic E-state index is 0.278. The van der Waals surface area contributed by atoms with E-state index in [-0.39, 0.29) is 6.04 Å². The highest BCUT2D eigenvalue weighted by Gasteiger charge is 2.47. The van der Waals surface area contributed by atoms with Crippen LogP contribution in [-0.2, 0) is 13.5 Å². The van der Waals surface area contributed by atoms with Gasteiger partial charge in [-0.3, -0.25) is 4.68 Å².